The molecule has 0 radical (unpaired) electrons. The molecule has 1 aliphatic heterocycles. The van der Waals surface area contributed by atoms with E-state index in [1.807, 2.05) is 35.0 Å². The van der Waals surface area contributed by atoms with Crippen LogP contribution in [-0.4, -0.2) is 28.1 Å². The van der Waals surface area contributed by atoms with Gasteiger partial charge in [-0.1, -0.05) is 47.7 Å². The molecule has 3 aromatic rings. The van der Waals surface area contributed by atoms with E-state index in [2.05, 4.69) is 58.3 Å². The van der Waals surface area contributed by atoms with Gasteiger partial charge in [-0.25, -0.2) is 4.68 Å². The average molecular weight is 377 g/mol. The van der Waals surface area contributed by atoms with Gasteiger partial charge in [0.1, 0.15) is 12.4 Å². The molecule has 4 rings (SSSR count). The smallest absolute Gasteiger partial charge is 0.120 e. The van der Waals surface area contributed by atoms with Crippen LogP contribution in [0.25, 0.3) is 0 Å². The Morgan fingerprint density at radius 2 is 2.11 bits per heavy atom. The highest BCUT2D eigenvalue weighted by molar-refractivity contribution is 5.30. The van der Waals surface area contributed by atoms with Crippen LogP contribution in [0.4, 0.5) is 0 Å². The van der Waals surface area contributed by atoms with Crippen LogP contribution < -0.4 is 15.4 Å². The zero-order chi connectivity index (χ0) is 19.2. The third-order valence-electron chi connectivity index (χ3n) is 5.16. The lowest BCUT2D eigenvalue weighted by atomic mass is 10.1. The van der Waals surface area contributed by atoms with Crippen molar-refractivity contribution in [3.8, 4) is 5.75 Å². The lowest BCUT2D eigenvalue weighted by Gasteiger charge is -2.15. The molecule has 28 heavy (non-hydrogen) atoms. The lowest BCUT2D eigenvalue weighted by Crippen LogP contribution is -2.18. The Bertz CT molecular complexity index is 873. The maximum absolute atomic E-state index is 5.95. The van der Waals surface area contributed by atoms with Crippen molar-refractivity contribution in [1.82, 2.24) is 25.6 Å². The number of hydrogen-bond donors (Lipinski definition) is 2. The first kappa shape index (κ1) is 18.7. The van der Waals surface area contributed by atoms with Crippen LogP contribution in [0.15, 0.2) is 60.8 Å². The molecule has 6 nitrogen and oxygen atoms in total. The summed E-state index contributed by atoms with van der Waals surface area (Å²) in [7, 11) is 0. The van der Waals surface area contributed by atoms with Crippen molar-refractivity contribution in [2.75, 3.05) is 13.1 Å². The number of nitrogens with one attached hydrogen (secondary N) is 2. The number of rotatable bonds is 8. The van der Waals surface area contributed by atoms with Gasteiger partial charge in [0, 0.05) is 19.1 Å². The van der Waals surface area contributed by atoms with Crippen molar-refractivity contribution in [2.24, 2.45) is 0 Å². The van der Waals surface area contributed by atoms with E-state index in [1.54, 1.807) is 0 Å². The first-order chi connectivity index (χ1) is 13.8. The maximum atomic E-state index is 5.95. The summed E-state index contributed by atoms with van der Waals surface area (Å²) in [4.78, 5) is 0. The van der Waals surface area contributed by atoms with Crippen molar-refractivity contribution in [1.29, 1.82) is 0 Å². The average Bonchev–Trinajstić information content (AvgIpc) is 3.43. The molecule has 0 saturated carbocycles. The van der Waals surface area contributed by atoms with Crippen molar-refractivity contribution < 1.29 is 4.74 Å². The van der Waals surface area contributed by atoms with Crippen molar-refractivity contribution in [3.63, 3.8) is 0 Å². The summed E-state index contributed by atoms with van der Waals surface area (Å²) >= 11 is 0. The Morgan fingerprint density at radius 1 is 1.21 bits per heavy atom. The fraction of sp³-hybridized carbons (Fsp3) is 0.364. The zero-order valence-corrected chi connectivity index (χ0v) is 16.2. The van der Waals surface area contributed by atoms with E-state index in [9.17, 15) is 0 Å². The molecule has 2 unspecified atom stereocenters. The summed E-state index contributed by atoms with van der Waals surface area (Å²) in [6.45, 7) is 5.45. The maximum Gasteiger partial charge on any atom is 0.120 e. The molecule has 6 heteroatoms. The number of ether oxygens (including phenoxy) is 1. The van der Waals surface area contributed by atoms with Crippen LogP contribution in [0.1, 0.15) is 42.2 Å². The van der Waals surface area contributed by atoms with Gasteiger partial charge in [0.2, 0.25) is 0 Å². The highest BCUT2D eigenvalue weighted by Gasteiger charge is 2.18. The summed E-state index contributed by atoms with van der Waals surface area (Å²) in [5.41, 5.74) is 3.33. The summed E-state index contributed by atoms with van der Waals surface area (Å²) in [6.07, 6.45) is 3.17. The third kappa shape index (κ3) is 4.77. The van der Waals surface area contributed by atoms with Gasteiger partial charge in [-0.05, 0) is 43.1 Å². The molecule has 146 valence electrons. The topological polar surface area (TPSA) is 64.0 Å². The van der Waals surface area contributed by atoms with Crippen molar-refractivity contribution in [2.45, 2.75) is 38.6 Å². The SMILES string of the molecule is CC(NCc1cn(C2CCNC2)nn1)c1cccc(OCc2ccccc2)c1. The molecule has 1 saturated heterocycles. The Morgan fingerprint density at radius 3 is 2.93 bits per heavy atom. The Hall–Kier alpha value is -2.70. The molecule has 2 aromatic carbocycles. The molecule has 0 spiro atoms. The van der Waals surface area contributed by atoms with Gasteiger partial charge in [0.05, 0.1) is 17.9 Å². The molecule has 0 bridgehead atoms. The molecule has 2 heterocycles. The normalized spacial score (nSPS) is 17.5. The van der Waals surface area contributed by atoms with E-state index in [0.717, 1.165) is 31.0 Å². The molecule has 1 aliphatic rings. The molecular formula is C22H27N5O. The Balaban J connectivity index is 1.31. The van der Waals surface area contributed by atoms with E-state index in [-0.39, 0.29) is 6.04 Å². The van der Waals surface area contributed by atoms with E-state index in [1.165, 1.54) is 11.1 Å². The summed E-state index contributed by atoms with van der Waals surface area (Å²) in [6, 6.07) is 19.1. The highest BCUT2D eigenvalue weighted by atomic mass is 16.5. The molecule has 2 N–H and O–H groups in total. The minimum absolute atomic E-state index is 0.193. The first-order valence-corrected chi connectivity index (χ1v) is 9.89. The van der Waals surface area contributed by atoms with Crippen LogP contribution in [-0.2, 0) is 13.2 Å². The highest BCUT2D eigenvalue weighted by Crippen LogP contribution is 2.21. The molecule has 0 aliphatic carbocycles. The van der Waals surface area contributed by atoms with Crippen LogP contribution in [0.3, 0.4) is 0 Å². The second kappa shape index (κ2) is 8.99. The fourth-order valence-corrected chi connectivity index (χ4v) is 3.43. The summed E-state index contributed by atoms with van der Waals surface area (Å²) in [5.74, 6) is 0.884. The number of nitrogens with zero attached hydrogens (tertiary/aromatic N) is 3. The summed E-state index contributed by atoms with van der Waals surface area (Å²) in [5, 5.41) is 15.5. The number of hydrogen-bond acceptors (Lipinski definition) is 5. The lowest BCUT2D eigenvalue weighted by molar-refractivity contribution is 0.305. The van der Waals surface area contributed by atoms with Crippen LogP contribution in [0, 0.1) is 0 Å². The molecular weight excluding hydrogens is 350 g/mol. The van der Waals surface area contributed by atoms with E-state index in [0.29, 0.717) is 19.2 Å². The Labute approximate surface area is 165 Å². The zero-order valence-electron chi connectivity index (χ0n) is 16.2. The van der Waals surface area contributed by atoms with E-state index in [4.69, 9.17) is 4.74 Å². The van der Waals surface area contributed by atoms with Crippen LogP contribution >= 0.6 is 0 Å². The van der Waals surface area contributed by atoms with Gasteiger partial charge in [-0.3, -0.25) is 0 Å². The van der Waals surface area contributed by atoms with E-state index < -0.39 is 0 Å². The third-order valence-corrected chi connectivity index (χ3v) is 5.16. The van der Waals surface area contributed by atoms with Gasteiger partial charge in [0.25, 0.3) is 0 Å². The van der Waals surface area contributed by atoms with Gasteiger partial charge >= 0.3 is 0 Å². The van der Waals surface area contributed by atoms with Gasteiger partial charge < -0.3 is 15.4 Å². The second-order valence-electron chi connectivity index (χ2n) is 7.29. The largest absolute Gasteiger partial charge is 0.489 e. The minimum Gasteiger partial charge on any atom is -0.489 e. The summed E-state index contributed by atoms with van der Waals surface area (Å²) < 4.78 is 7.93. The second-order valence-corrected chi connectivity index (χ2v) is 7.29. The van der Waals surface area contributed by atoms with Crippen LogP contribution in [0.2, 0.25) is 0 Å². The van der Waals surface area contributed by atoms with Crippen molar-refractivity contribution >= 4 is 0 Å². The molecule has 2 atom stereocenters. The standard InChI is InChI=1S/C22H27N5O/c1-17(24-13-20-15-27(26-25-20)21-10-11-23-14-21)19-8-5-9-22(12-19)28-16-18-6-3-2-4-7-18/h2-9,12,15,17,21,23-24H,10-11,13-14,16H2,1H3. The minimum atomic E-state index is 0.193. The monoisotopic (exact) mass is 377 g/mol. The quantitative estimate of drug-likeness (QED) is 0.631. The van der Waals surface area contributed by atoms with E-state index >= 15 is 0 Å². The predicted octanol–water partition coefficient (Wildman–Crippen LogP) is 3.24. The van der Waals surface area contributed by atoms with Crippen molar-refractivity contribution in [3.05, 3.63) is 77.6 Å². The molecule has 1 aromatic heterocycles. The Kier molecular flexibility index (Phi) is 5.99. The van der Waals surface area contributed by atoms with Gasteiger partial charge in [-0.15, -0.1) is 5.10 Å². The number of benzene rings is 2. The number of aromatic nitrogens is 3. The van der Waals surface area contributed by atoms with Gasteiger partial charge in [0.15, 0.2) is 0 Å². The first-order valence-electron chi connectivity index (χ1n) is 9.89. The predicted molar refractivity (Wildman–Crippen MR) is 109 cm³/mol. The fourth-order valence-electron chi connectivity index (χ4n) is 3.43. The van der Waals surface area contributed by atoms with Crippen LogP contribution in [0.5, 0.6) is 5.75 Å². The van der Waals surface area contributed by atoms with Gasteiger partial charge in [-0.2, -0.15) is 0 Å². The molecule has 0 amide bonds. The molecule has 1 fully saturated rings.